The molecule has 0 amide bonds. The highest BCUT2D eigenvalue weighted by Gasteiger charge is 2.11. The Morgan fingerprint density at radius 3 is 2.11 bits per heavy atom. The molecule has 2 heteroatoms. The minimum Gasteiger partial charge on any atom is -0.496 e. The summed E-state index contributed by atoms with van der Waals surface area (Å²) >= 11 is 0. The lowest BCUT2D eigenvalue weighted by molar-refractivity contribution is 0.411. The highest BCUT2D eigenvalue weighted by Crippen LogP contribution is 2.26. The van der Waals surface area contributed by atoms with Crippen LogP contribution in [0.25, 0.3) is 0 Å². The quantitative estimate of drug-likeness (QED) is 0.908. The van der Waals surface area contributed by atoms with E-state index in [1.807, 2.05) is 13.0 Å². The van der Waals surface area contributed by atoms with Crippen molar-refractivity contribution < 1.29 is 4.74 Å². The standard InChI is InChI=1S/C17H21NO/c1-11-7-12(2)9-15(8-11)17(18)14-6-5-13(3)16(10-14)19-4/h5-10,17H,18H2,1-4H3. The first-order valence-electron chi connectivity index (χ1n) is 6.49. The van der Waals surface area contributed by atoms with Gasteiger partial charge >= 0.3 is 0 Å². The molecule has 0 aromatic heterocycles. The van der Waals surface area contributed by atoms with Crippen molar-refractivity contribution in [2.45, 2.75) is 26.8 Å². The summed E-state index contributed by atoms with van der Waals surface area (Å²) in [4.78, 5) is 0. The highest BCUT2D eigenvalue weighted by molar-refractivity contribution is 5.42. The minimum atomic E-state index is -0.118. The zero-order chi connectivity index (χ0) is 14.0. The topological polar surface area (TPSA) is 35.2 Å². The van der Waals surface area contributed by atoms with Crippen molar-refractivity contribution in [2.75, 3.05) is 7.11 Å². The third kappa shape index (κ3) is 2.96. The van der Waals surface area contributed by atoms with Crippen molar-refractivity contribution in [3.05, 3.63) is 64.2 Å². The average molecular weight is 255 g/mol. The van der Waals surface area contributed by atoms with Crippen LogP contribution in [0, 0.1) is 20.8 Å². The lowest BCUT2D eigenvalue weighted by Crippen LogP contribution is -2.12. The molecule has 0 aliphatic rings. The SMILES string of the molecule is COc1cc(C(N)c2cc(C)cc(C)c2)ccc1C. The van der Waals surface area contributed by atoms with Crippen LogP contribution in [-0.4, -0.2) is 7.11 Å². The van der Waals surface area contributed by atoms with E-state index in [1.54, 1.807) is 7.11 Å². The van der Waals surface area contributed by atoms with E-state index in [0.717, 1.165) is 22.4 Å². The van der Waals surface area contributed by atoms with Gasteiger partial charge in [-0.15, -0.1) is 0 Å². The van der Waals surface area contributed by atoms with Crippen LogP contribution in [0.5, 0.6) is 5.75 Å². The fraction of sp³-hybridized carbons (Fsp3) is 0.294. The second-order valence-electron chi connectivity index (χ2n) is 5.13. The summed E-state index contributed by atoms with van der Waals surface area (Å²) in [5, 5.41) is 0. The van der Waals surface area contributed by atoms with Gasteiger partial charge < -0.3 is 10.5 Å². The van der Waals surface area contributed by atoms with E-state index in [0.29, 0.717) is 0 Å². The van der Waals surface area contributed by atoms with Crippen LogP contribution >= 0.6 is 0 Å². The van der Waals surface area contributed by atoms with E-state index in [2.05, 4.69) is 44.2 Å². The van der Waals surface area contributed by atoms with Gasteiger partial charge in [-0.25, -0.2) is 0 Å². The molecule has 0 saturated heterocycles. The third-order valence-corrected chi connectivity index (χ3v) is 3.39. The second-order valence-corrected chi connectivity index (χ2v) is 5.13. The largest absolute Gasteiger partial charge is 0.496 e. The summed E-state index contributed by atoms with van der Waals surface area (Å²) in [5.74, 6) is 0.886. The Bertz CT molecular complexity index is 570. The van der Waals surface area contributed by atoms with Gasteiger partial charge in [-0.1, -0.05) is 41.5 Å². The molecule has 2 N–H and O–H groups in total. The first-order chi connectivity index (χ1) is 9.01. The molecular weight excluding hydrogens is 234 g/mol. The van der Waals surface area contributed by atoms with Crippen molar-refractivity contribution in [2.24, 2.45) is 5.73 Å². The molecule has 1 unspecified atom stereocenters. The summed E-state index contributed by atoms with van der Waals surface area (Å²) < 4.78 is 5.36. The Labute approximate surface area is 115 Å². The van der Waals surface area contributed by atoms with Gasteiger partial charge in [-0.2, -0.15) is 0 Å². The highest BCUT2D eigenvalue weighted by atomic mass is 16.5. The van der Waals surface area contributed by atoms with Gasteiger partial charge in [0.1, 0.15) is 5.75 Å². The minimum absolute atomic E-state index is 0.118. The van der Waals surface area contributed by atoms with E-state index in [1.165, 1.54) is 11.1 Å². The number of aryl methyl sites for hydroxylation is 3. The lowest BCUT2D eigenvalue weighted by Gasteiger charge is -2.16. The number of ether oxygens (including phenoxy) is 1. The molecule has 0 fully saturated rings. The van der Waals surface area contributed by atoms with Crippen LogP contribution in [0.3, 0.4) is 0 Å². The molecule has 0 spiro atoms. The van der Waals surface area contributed by atoms with Gasteiger partial charge in [0.05, 0.1) is 13.2 Å². The molecule has 19 heavy (non-hydrogen) atoms. The Hall–Kier alpha value is -1.80. The number of nitrogens with two attached hydrogens (primary N) is 1. The van der Waals surface area contributed by atoms with Crippen LogP contribution in [-0.2, 0) is 0 Å². The van der Waals surface area contributed by atoms with Gasteiger partial charge in [0.2, 0.25) is 0 Å². The van der Waals surface area contributed by atoms with Crippen LogP contribution in [0.2, 0.25) is 0 Å². The predicted molar refractivity (Wildman–Crippen MR) is 79.7 cm³/mol. The number of hydrogen-bond acceptors (Lipinski definition) is 2. The maximum absolute atomic E-state index is 6.37. The zero-order valence-electron chi connectivity index (χ0n) is 12.0. The van der Waals surface area contributed by atoms with Crippen molar-refractivity contribution in [3.63, 3.8) is 0 Å². The van der Waals surface area contributed by atoms with Gasteiger partial charge in [0.25, 0.3) is 0 Å². The molecule has 2 aromatic carbocycles. The summed E-state index contributed by atoms with van der Waals surface area (Å²) in [6.45, 7) is 6.23. The molecular formula is C17H21NO. The zero-order valence-corrected chi connectivity index (χ0v) is 12.0. The van der Waals surface area contributed by atoms with Gasteiger partial charge in [-0.3, -0.25) is 0 Å². The number of benzene rings is 2. The van der Waals surface area contributed by atoms with Crippen LogP contribution in [0.15, 0.2) is 36.4 Å². The summed E-state index contributed by atoms with van der Waals surface area (Å²) in [5.41, 5.74) is 12.2. The molecule has 0 heterocycles. The maximum Gasteiger partial charge on any atom is 0.122 e. The van der Waals surface area contributed by atoms with Crippen molar-refractivity contribution in [3.8, 4) is 5.75 Å². The molecule has 2 aromatic rings. The molecule has 2 rings (SSSR count). The molecule has 0 radical (unpaired) electrons. The van der Waals surface area contributed by atoms with Gasteiger partial charge in [0.15, 0.2) is 0 Å². The molecule has 2 nitrogen and oxygen atoms in total. The number of rotatable bonds is 3. The Kier molecular flexibility index (Phi) is 3.91. The molecule has 0 saturated carbocycles. The van der Waals surface area contributed by atoms with E-state index >= 15 is 0 Å². The van der Waals surface area contributed by atoms with Crippen molar-refractivity contribution in [1.29, 1.82) is 0 Å². The molecule has 0 aliphatic heterocycles. The third-order valence-electron chi connectivity index (χ3n) is 3.39. The summed E-state index contributed by atoms with van der Waals surface area (Å²) in [7, 11) is 1.69. The van der Waals surface area contributed by atoms with Crippen LogP contribution in [0.4, 0.5) is 0 Å². The Balaban J connectivity index is 2.40. The van der Waals surface area contributed by atoms with Crippen molar-refractivity contribution >= 4 is 0 Å². The monoisotopic (exact) mass is 255 g/mol. The van der Waals surface area contributed by atoms with E-state index < -0.39 is 0 Å². The van der Waals surface area contributed by atoms with E-state index in [4.69, 9.17) is 10.5 Å². The van der Waals surface area contributed by atoms with Crippen molar-refractivity contribution in [1.82, 2.24) is 0 Å². The molecule has 0 bridgehead atoms. The van der Waals surface area contributed by atoms with Gasteiger partial charge in [-0.05, 0) is 43.5 Å². The first-order valence-corrected chi connectivity index (χ1v) is 6.49. The first kappa shape index (κ1) is 13.6. The van der Waals surface area contributed by atoms with Crippen LogP contribution < -0.4 is 10.5 Å². The number of methoxy groups -OCH3 is 1. The Morgan fingerprint density at radius 1 is 0.895 bits per heavy atom. The smallest absolute Gasteiger partial charge is 0.122 e. The van der Waals surface area contributed by atoms with Crippen LogP contribution in [0.1, 0.15) is 33.9 Å². The average Bonchev–Trinajstić information content (AvgIpc) is 2.37. The lowest BCUT2D eigenvalue weighted by atomic mass is 9.95. The summed E-state index contributed by atoms with van der Waals surface area (Å²) in [6, 6.07) is 12.5. The van der Waals surface area contributed by atoms with E-state index in [9.17, 15) is 0 Å². The fourth-order valence-corrected chi connectivity index (χ4v) is 2.41. The molecule has 0 aliphatic carbocycles. The summed E-state index contributed by atoms with van der Waals surface area (Å²) in [6.07, 6.45) is 0. The van der Waals surface area contributed by atoms with Gasteiger partial charge in [0, 0.05) is 0 Å². The fourth-order valence-electron chi connectivity index (χ4n) is 2.41. The van der Waals surface area contributed by atoms with E-state index in [-0.39, 0.29) is 6.04 Å². The maximum atomic E-state index is 6.37. The normalized spacial score (nSPS) is 12.3. The number of hydrogen-bond donors (Lipinski definition) is 1. The molecule has 100 valence electrons. The predicted octanol–water partition coefficient (Wildman–Crippen LogP) is 3.67. The molecule has 1 atom stereocenters. The Morgan fingerprint density at radius 2 is 1.53 bits per heavy atom. The second kappa shape index (κ2) is 5.45.